The second-order valence-electron chi connectivity index (χ2n) is 8.05. The Hall–Kier alpha value is -3.72. The predicted molar refractivity (Wildman–Crippen MR) is 135 cm³/mol. The number of aromatic nitrogens is 4. The van der Waals surface area contributed by atoms with Gasteiger partial charge in [0.2, 0.25) is 0 Å². The average molecular weight is 499 g/mol. The molecule has 0 aliphatic heterocycles. The summed E-state index contributed by atoms with van der Waals surface area (Å²) in [6.07, 6.45) is -4.44. The van der Waals surface area contributed by atoms with Crippen LogP contribution in [0.1, 0.15) is 55.0 Å². The van der Waals surface area contributed by atoms with Crippen molar-refractivity contribution in [3.63, 3.8) is 0 Å². The van der Waals surface area contributed by atoms with Crippen LogP contribution in [0, 0.1) is 6.92 Å². The molecule has 1 atom stereocenters. The summed E-state index contributed by atoms with van der Waals surface area (Å²) in [5, 5.41) is 4.60. The number of hydrogen-bond donors (Lipinski definition) is 1. The zero-order valence-electron chi connectivity index (χ0n) is 20.7. The molecule has 4 aromatic rings. The molecule has 0 bridgehead atoms. The zero-order chi connectivity index (χ0) is 26.5. The smallest absolute Gasteiger partial charge is 0.375 e. The van der Waals surface area contributed by atoms with Crippen LogP contribution in [0.3, 0.4) is 0 Å². The molecule has 0 fully saturated rings. The van der Waals surface area contributed by atoms with Crippen LogP contribution in [0.25, 0.3) is 16.6 Å². The highest BCUT2D eigenvalue weighted by Gasteiger charge is 2.30. The average Bonchev–Trinajstić information content (AvgIpc) is 3.25. The van der Waals surface area contributed by atoms with E-state index < -0.39 is 11.7 Å². The molecule has 6 nitrogen and oxygen atoms in total. The number of alkyl halides is 3. The second kappa shape index (κ2) is 11.3. The molecule has 1 N–H and O–H groups in total. The number of nitrogens with zero attached hydrogens (tertiary/aromatic N) is 3. The van der Waals surface area contributed by atoms with Gasteiger partial charge in [-0.3, -0.25) is 9.48 Å². The Morgan fingerprint density at radius 1 is 1.11 bits per heavy atom. The molecule has 36 heavy (non-hydrogen) atoms. The molecular formula is C27H29F3N4O2. The Kier molecular flexibility index (Phi) is 8.47. The summed E-state index contributed by atoms with van der Waals surface area (Å²) in [6, 6.07) is 14.0. The van der Waals surface area contributed by atoms with E-state index in [9.17, 15) is 18.0 Å². The summed E-state index contributed by atoms with van der Waals surface area (Å²) < 4.78 is 46.2. The van der Waals surface area contributed by atoms with Crippen molar-refractivity contribution in [1.29, 1.82) is 0 Å². The van der Waals surface area contributed by atoms with Gasteiger partial charge in [-0.25, -0.2) is 4.98 Å². The van der Waals surface area contributed by atoms with Crippen molar-refractivity contribution in [3.8, 4) is 0 Å². The van der Waals surface area contributed by atoms with Crippen LogP contribution in [0.5, 0.6) is 0 Å². The topological polar surface area (TPSA) is 72.8 Å². The van der Waals surface area contributed by atoms with Gasteiger partial charge >= 0.3 is 6.18 Å². The Balaban J connectivity index is 0.00000176. The minimum absolute atomic E-state index is 0.254. The molecule has 1 unspecified atom stereocenters. The van der Waals surface area contributed by atoms with Gasteiger partial charge in [-0.1, -0.05) is 62.9 Å². The van der Waals surface area contributed by atoms with E-state index in [1.807, 2.05) is 51.1 Å². The van der Waals surface area contributed by atoms with E-state index in [1.54, 1.807) is 6.92 Å². The van der Waals surface area contributed by atoms with Crippen molar-refractivity contribution in [2.24, 2.45) is 0 Å². The van der Waals surface area contributed by atoms with Crippen molar-refractivity contribution in [2.45, 2.75) is 46.5 Å². The van der Waals surface area contributed by atoms with Crippen molar-refractivity contribution in [2.75, 3.05) is 6.61 Å². The van der Waals surface area contributed by atoms with E-state index in [4.69, 9.17) is 4.74 Å². The molecule has 0 saturated carbocycles. The molecule has 0 aliphatic carbocycles. The Labute approximate surface area is 207 Å². The molecule has 0 spiro atoms. The van der Waals surface area contributed by atoms with Gasteiger partial charge < -0.3 is 9.72 Å². The van der Waals surface area contributed by atoms with Gasteiger partial charge in [-0.05, 0) is 37.1 Å². The normalized spacial score (nSPS) is 12.2. The maximum Gasteiger partial charge on any atom is 0.416 e. The third-order valence-electron chi connectivity index (χ3n) is 5.41. The fourth-order valence-electron chi connectivity index (χ4n) is 3.67. The van der Waals surface area contributed by atoms with E-state index in [0.717, 1.165) is 17.7 Å². The fraction of sp³-hybridized carbons (Fsp3) is 0.296. The molecule has 0 aliphatic rings. The summed E-state index contributed by atoms with van der Waals surface area (Å²) in [7, 11) is 0. The standard InChI is InChI=1S/C25H23F3N4O2.C2H6/c1-15(13-34-14-18-7-5-4-6-8-18)32-23-22(29-17(3)30-24(23)33)21(31-32)16(2)19-9-11-20(12-10-19)25(26,27)28;1-2/h4-12,15H,2,13-14H2,1,3H3,(H,29,30,33);1-2H3. The molecule has 0 amide bonds. The molecule has 190 valence electrons. The molecule has 0 saturated heterocycles. The third-order valence-corrected chi connectivity index (χ3v) is 5.41. The number of hydrogen-bond acceptors (Lipinski definition) is 4. The lowest BCUT2D eigenvalue weighted by atomic mass is 10.0. The molecule has 2 heterocycles. The van der Waals surface area contributed by atoms with Crippen molar-refractivity contribution in [3.05, 3.63) is 99.7 Å². The van der Waals surface area contributed by atoms with Crippen molar-refractivity contribution >= 4 is 16.6 Å². The number of halogens is 3. The van der Waals surface area contributed by atoms with Crippen LogP contribution >= 0.6 is 0 Å². The number of aryl methyl sites for hydroxylation is 1. The van der Waals surface area contributed by atoms with Crippen molar-refractivity contribution < 1.29 is 17.9 Å². The predicted octanol–water partition coefficient (Wildman–Crippen LogP) is 6.31. The minimum atomic E-state index is -4.44. The highest BCUT2D eigenvalue weighted by molar-refractivity contribution is 5.91. The monoisotopic (exact) mass is 498 g/mol. The Morgan fingerprint density at radius 2 is 1.75 bits per heavy atom. The summed E-state index contributed by atoms with van der Waals surface area (Å²) in [6.45, 7) is 12.2. The Morgan fingerprint density at radius 3 is 2.36 bits per heavy atom. The van der Waals surface area contributed by atoms with Gasteiger partial charge in [0.15, 0.2) is 5.52 Å². The first-order chi connectivity index (χ1) is 17.1. The lowest BCUT2D eigenvalue weighted by molar-refractivity contribution is -0.137. The van der Waals surface area contributed by atoms with Gasteiger partial charge in [0.25, 0.3) is 5.56 Å². The van der Waals surface area contributed by atoms with E-state index in [0.29, 0.717) is 34.8 Å². The van der Waals surface area contributed by atoms with E-state index in [2.05, 4.69) is 21.6 Å². The maximum atomic E-state index is 12.9. The summed E-state index contributed by atoms with van der Waals surface area (Å²) >= 11 is 0. The number of nitrogens with one attached hydrogen (secondary N) is 1. The van der Waals surface area contributed by atoms with Crippen LogP contribution in [-0.2, 0) is 17.5 Å². The van der Waals surface area contributed by atoms with Crippen LogP contribution in [-0.4, -0.2) is 26.4 Å². The van der Waals surface area contributed by atoms with Gasteiger partial charge in [-0.15, -0.1) is 0 Å². The molecule has 4 rings (SSSR count). The van der Waals surface area contributed by atoms with Crippen molar-refractivity contribution in [1.82, 2.24) is 19.7 Å². The minimum Gasteiger partial charge on any atom is -0.375 e. The number of benzene rings is 2. The quantitative estimate of drug-likeness (QED) is 0.324. The fourth-order valence-corrected chi connectivity index (χ4v) is 3.67. The number of fused-ring (bicyclic) bond motifs is 1. The first-order valence-electron chi connectivity index (χ1n) is 11.6. The molecule has 2 aromatic heterocycles. The van der Waals surface area contributed by atoms with E-state index in [1.165, 1.54) is 16.8 Å². The summed E-state index contributed by atoms with van der Waals surface area (Å²) in [4.78, 5) is 19.9. The maximum absolute atomic E-state index is 12.9. The van der Waals surface area contributed by atoms with E-state index in [-0.39, 0.29) is 23.7 Å². The lowest BCUT2D eigenvalue weighted by Gasteiger charge is -2.14. The summed E-state index contributed by atoms with van der Waals surface area (Å²) in [5.74, 6) is 0.395. The Bertz CT molecular complexity index is 1370. The van der Waals surface area contributed by atoms with Gasteiger partial charge in [0.1, 0.15) is 17.0 Å². The van der Waals surface area contributed by atoms with Crippen LogP contribution < -0.4 is 5.56 Å². The van der Waals surface area contributed by atoms with Crippen LogP contribution in [0.15, 0.2) is 66.0 Å². The highest BCUT2D eigenvalue weighted by atomic mass is 19.4. The zero-order valence-corrected chi connectivity index (χ0v) is 20.7. The van der Waals surface area contributed by atoms with Gasteiger partial charge in [0.05, 0.1) is 24.8 Å². The third kappa shape index (κ3) is 5.91. The molecule has 2 aromatic carbocycles. The first kappa shape index (κ1) is 26.9. The van der Waals surface area contributed by atoms with Gasteiger partial charge in [-0.2, -0.15) is 18.3 Å². The molecule has 9 heteroatoms. The number of ether oxygens (including phenoxy) is 1. The second-order valence-corrected chi connectivity index (χ2v) is 8.05. The summed E-state index contributed by atoms with van der Waals surface area (Å²) in [5.41, 5.74) is 1.64. The number of H-pyrrole nitrogens is 1. The molecule has 0 radical (unpaired) electrons. The molecular weight excluding hydrogens is 469 g/mol. The van der Waals surface area contributed by atoms with E-state index >= 15 is 0 Å². The largest absolute Gasteiger partial charge is 0.416 e. The lowest BCUT2D eigenvalue weighted by Crippen LogP contribution is -2.19. The SMILES string of the molecule is C=C(c1ccc(C(F)(F)F)cc1)c1nn(C(C)COCc2ccccc2)c2c(=O)[nH]c(C)nc12.CC. The number of rotatable bonds is 7. The highest BCUT2D eigenvalue weighted by Crippen LogP contribution is 2.32. The van der Waals surface area contributed by atoms with Crippen LogP contribution in [0.2, 0.25) is 0 Å². The van der Waals surface area contributed by atoms with Gasteiger partial charge in [0, 0.05) is 5.57 Å². The number of aromatic amines is 1. The first-order valence-corrected chi connectivity index (χ1v) is 11.6. The van der Waals surface area contributed by atoms with Crippen LogP contribution in [0.4, 0.5) is 13.2 Å².